The lowest BCUT2D eigenvalue weighted by molar-refractivity contribution is 0.515. The van der Waals surface area contributed by atoms with E-state index < -0.39 is 0 Å². The molecule has 1 heterocycles. The Balaban J connectivity index is 1.76. The molecule has 1 rings (SSSR count). The van der Waals surface area contributed by atoms with Crippen LogP contribution in [0.1, 0.15) is 104 Å². The Bertz CT molecular complexity index is 337. The minimum Gasteiger partial charge on any atom is -0.306 e. The Morgan fingerprint density at radius 3 is 1.83 bits per heavy atom. The Kier molecular flexibility index (Phi) is 12.6. The molecule has 0 fully saturated rings. The van der Waals surface area contributed by atoms with E-state index in [1.54, 1.807) is 11.0 Å². The fourth-order valence-corrected chi connectivity index (χ4v) is 3.04. The molecular weight excluding hydrogens is 284 g/mol. The quantitative estimate of drug-likeness (QED) is 0.397. The zero-order chi connectivity index (χ0) is 16.6. The zero-order valence-electron chi connectivity index (χ0n) is 15.5. The molecule has 0 amide bonds. The number of aromatic nitrogens is 3. The third kappa shape index (κ3) is 12.1. The third-order valence-corrected chi connectivity index (χ3v) is 4.52. The normalized spacial score (nSPS) is 12.4. The van der Waals surface area contributed by atoms with Crippen LogP contribution in [0.4, 0.5) is 0 Å². The van der Waals surface area contributed by atoms with Crippen LogP contribution in [0.15, 0.2) is 12.4 Å². The highest BCUT2D eigenvalue weighted by molar-refractivity contribution is 4.77. The van der Waals surface area contributed by atoms with E-state index in [2.05, 4.69) is 29.6 Å². The van der Waals surface area contributed by atoms with E-state index in [-0.39, 0.29) is 0 Å². The first-order valence-corrected chi connectivity index (χ1v) is 9.95. The van der Waals surface area contributed by atoms with Gasteiger partial charge < -0.3 is 5.43 Å². The predicted octanol–water partition coefficient (Wildman–Crippen LogP) is 5.69. The van der Waals surface area contributed by atoms with Crippen LogP contribution in [0.2, 0.25) is 0 Å². The fraction of sp³-hybridized carbons (Fsp3) is 0.895. The van der Waals surface area contributed by atoms with Gasteiger partial charge in [-0.2, -0.15) is 4.79 Å². The van der Waals surface area contributed by atoms with Gasteiger partial charge in [-0.05, 0) is 18.6 Å². The first-order chi connectivity index (χ1) is 11.3. The second-order valence-corrected chi connectivity index (χ2v) is 6.91. The molecule has 0 saturated heterocycles. The maximum absolute atomic E-state index is 3.93. The van der Waals surface area contributed by atoms with E-state index >= 15 is 0 Å². The Labute approximate surface area is 143 Å². The van der Waals surface area contributed by atoms with E-state index in [1.807, 2.05) is 6.20 Å². The molecule has 4 nitrogen and oxygen atoms in total. The van der Waals surface area contributed by atoms with Crippen LogP contribution in [-0.2, 0) is 0 Å². The maximum Gasteiger partial charge on any atom is 0.0715 e. The molecule has 0 spiro atoms. The van der Waals surface area contributed by atoms with Gasteiger partial charge in [0.05, 0.1) is 12.4 Å². The first kappa shape index (κ1) is 20.0. The van der Waals surface area contributed by atoms with Crippen LogP contribution in [0.25, 0.3) is 0 Å². The lowest BCUT2D eigenvalue weighted by Gasteiger charge is -2.13. The number of rotatable bonds is 16. The summed E-state index contributed by atoms with van der Waals surface area (Å²) >= 11 is 0. The molecule has 0 saturated carbocycles. The van der Waals surface area contributed by atoms with Crippen molar-refractivity contribution in [3.63, 3.8) is 0 Å². The number of unbranched alkanes of at least 4 members (excludes halogenated alkanes) is 12. The summed E-state index contributed by atoms with van der Waals surface area (Å²) in [7, 11) is 0. The summed E-state index contributed by atoms with van der Waals surface area (Å²) in [5, 5.41) is 7.72. The van der Waals surface area contributed by atoms with Crippen LogP contribution in [0.3, 0.4) is 0 Å². The van der Waals surface area contributed by atoms with E-state index in [0.29, 0.717) is 6.04 Å². The highest BCUT2D eigenvalue weighted by Gasteiger charge is 2.01. The number of hydrogen-bond acceptors (Lipinski definition) is 3. The highest BCUT2D eigenvalue weighted by atomic mass is 15.6. The largest absolute Gasteiger partial charge is 0.306 e. The molecule has 0 bridgehead atoms. The summed E-state index contributed by atoms with van der Waals surface area (Å²) in [5.74, 6) is 0. The molecule has 1 aromatic rings. The molecule has 0 aliphatic heterocycles. The molecule has 0 aliphatic carbocycles. The number of nitrogens with zero attached hydrogens (tertiary/aromatic N) is 3. The van der Waals surface area contributed by atoms with Crippen LogP contribution < -0.4 is 5.43 Å². The molecule has 1 atom stereocenters. The van der Waals surface area contributed by atoms with Crippen LogP contribution in [-0.4, -0.2) is 21.1 Å². The van der Waals surface area contributed by atoms with Crippen molar-refractivity contribution in [2.75, 3.05) is 5.43 Å². The minimum atomic E-state index is 0.462. The van der Waals surface area contributed by atoms with E-state index in [0.717, 1.165) is 0 Å². The van der Waals surface area contributed by atoms with Gasteiger partial charge in [0.15, 0.2) is 0 Å². The summed E-state index contributed by atoms with van der Waals surface area (Å²) in [6.45, 7) is 4.50. The molecule has 1 unspecified atom stereocenters. The van der Waals surface area contributed by atoms with Gasteiger partial charge in [0.2, 0.25) is 0 Å². The molecule has 23 heavy (non-hydrogen) atoms. The van der Waals surface area contributed by atoms with Crippen molar-refractivity contribution in [2.45, 2.75) is 110 Å². The second kappa shape index (κ2) is 14.5. The van der Waals surface area contributed by atoms with Crippen LogP contribution >= 0.6 is 0 Å². The lowest BCUT2D eigenvalue weighted by atomic mass is 10.0. The molecule has 0 radical (unpaired) electrons. The van der Waals surface area contributed by atoms with Crippen molar-refractivity contribution in [1.29, 1.82) is 0 Å². The van der Waals surface area contributed by atoms with E-state index in [4.69, 9.17) is 0 Å². The first-order valence-electron chi connectivity index (χ1n) is 9.95. The average Bonchev–Trinajstić information content (AvgIpc) is 3.04. The van der Waals surface area contributed by atoms with Crippen molar-refractivity contribution in [3.05, 3.63) is 12.4 Å². The summed E-state index contributed by atoms with van der Waals surface area (Å²) in [6.07, 6.45) is 23.1. The van der Waals surface area contributed by atoms with Gasteiger partial charge in [0, 0.05) is 6.04 Å². The summed E-state index contributed by atoms with van der Waals surface area (Å²) in [5.41, 5.74) is 3.31. The van der Waals surface area contributed by atoms with Crippen molar-refractivity contribution >= 4 is 0 Å². The molecule has 1 aromatic heterocycles. The summed E-state index contributed by atoms with van der Waals surface area (Å²) in [6, 6.07) is 0.462. The smallest absolute Gasteiger partial charge is 0.0715 e. The Hall–Kier alpha value is -1.06. The average molecular weight is 323 g/mol. The minimum absolute atomic E-state index is 0.462. The van der Waals surface area contributed by atoms with Gasteiger partial charge in [-0.15, -0.1) is 5.10 Å². The Morgan fingerprint density at radius 1 is 0.826 bits per heavy atom. The second-order valence-electron chi connectivity index (χ2n) is 6.91. The van der Waals surface area contributed by atoms with Crippen molar-refractivity contribution in [1.82, 2.24) is 15.1 Å². The van der Waals surface area contributed by atoms with Crippen LogP contribution in [0, 0.1) is 0 Å². The van der Waals surface area contributed by atoms with E-state index in [1.165, 1.54) is 89.9 Å². The summed E-state index contributed by atoms with van der Waals surface area (Å²) < 4.78 is 0. The van der Waals surface area contributed by atoms with Gasteiger partial charge in [0.25, 0.3) is 0 Å². The lowest BCUT2D eigenvalue weighted by Crippen LogP contribution is -2.25. The molecule has 4 heteroatoms. The summed E-state index contributed by atoms with van der Waals surface area (Å²) in [4.78, 5) is 1.70. The molecule has 0 aliphatic rings. The van der Waals surface area contributed by atoms with Gasteiger partial charge in [-0.25, -0.2) is 0 Å². The highest BCUT2D eigenvalue weighted by Crippen LogP contribution is 2.13. The standard InChI is InChI=1S/C19H38N4/c1-3-4-5-6-7-8-9-10-11-12-13-14-15-16-19(2)21-23-18-17-20-22-23/h17-19,21H,3-16H2,1-2H3. The van der Waals surface area contributed by atoms with Crippen molar-refractivity contribution < 1.29 is 0 Å². The van der Waals surface area contributed by atoms with Gasteiger partial charge in [0.1, 0.15) is 0 Å². The predicted molar refractivity (Wildman–Crippen MR) is 99.2 cm³/mol. The molecule has 1 N–H and O–H groups in total. The van der Waals surface area contributed by atoms with Gasteiger partial charge in [-0.3, -0.25) is 0 Å². The van der Waals surface area contributed by atoms with Gasteiger partial charge in [-0.1, -0.05) is 90.4 Å². The van der Waals surface area contributed by atoms with Crippen LogP contribution in [0.5, 0.6) is 0 Å². The maximum atomic E-state index is 3.93. The van der Waals surface area contributed by atoms with Crippen molar-refractivity contribution in [2.24, 2.45) is 0 Å². The molecule has 134 valence electrons. The fourth-order valence-electron chi connectivity index (χ4n) is 3.04. The molecule has 0 aromatic carbocycles. The topological polar surface area (TPSA) is 42.7 Å². The number of nitrogens with one attached hydrogen (secondary N) is 1. The Morgan fingerprint density at radius 2 is 1.35 bits per heavy atom. The third-order valence-electron chi connectivity index (χ3n) is 4.52. The van der Waals surface area contributed by atoms with Gasteiger partial charge >= 0.3 is 0 Å². The zero-order valence-corrected chi connectivity index (χ0v) is 15.5. The molecular formula is C19H38N4. The van der Waals surface area contributed by atoms with E-state index in [9.17, 15) is 0 Å². The SMILES string of the molecule is CCCCCCCCCCCCCCCC(C)Nn1ccnn1. The monoisotopic (exact) mass is 322 g/mol. The van der Waals surface area contributed by atoms with Crippen molar-refractivity contribution in [3.8, 4) is 0 Å². The number of hydrogen-bond donors (Lipinski definition) is 1.